The number of hydrogen-bond acceptors (Lipinski definition) is 2. The van der Waals surface area contributed by atoms with Crippen LogP contribution in [0.1, 0.15) is 35.2 Å². The lowest BCUT2D eigenvalue weighted by Gasteiger charge is -2.24. The lowest BCUT2D eigenvalue weighted by molar-refractivity contribution is 0.0879. The van der Waals surface area contributed by atoms with Gasteiger partial charge in [0.25, 0.3) is 0 Å². The Labute approximate surface area is 89.2 Å². The molecular weight excluding hydrogens is 188 g/mol. The van der Waals surface area contributed by atoms with E-state index in [1.807, 2.05) is 18.2 Å². The SMILES string of the molecule is COc1cccc2c1CCC1(CC1)C2=O. The molecule has 0 saturated heterocycles. The third-order valence-electron chi connectivity index (χ3n) is 3.79. The van der Waals surface area contributed by atoms with Gasteiger partial charge < -0.3 is 4.74 Å². The number of ketones is 1. The summed E-state index contributed by atoms with van der Waals surface area (Å²) in [5.74, 6) is 1.22. The predicted molar refractivity (Wildman–Crippen MR) is 57.3 cm³/mol. The molecule has 1 aromatic rings. The highest BCUT2D eigenvalue weighted by molar-refractivity contribution is 6.04. The summed E-state index contributed by atoms with van der Waals surface area (Å²) in [6.45, 7) is 0. The number of fused-ring (bicyclic) bond motifs is 1. The number of carbonyl (C=O) groups excluding carboxylic acids is 1. The van der Waals surface area contributed by atoms with Gasteiger partial charge in [-0.3, -0.25) is 4.79 Å². The Kier molecular flexibility index (Phi) is 1.70. The van der Waals surface area contributed by atoms with Crippen molar-refractivity contribution in [3.63, 3.8) is 0 Å². The molecule has 2 aliphatic rings. The van der Waals surface area contributed by atoms with Crippen molar-refractivity contribution in [3.8, 4) is 5.75 Å². The van der Waals surface area contributed by atoms with Crippen LogP contribution < -0.4 is 4.74 Å². The van der Waals surface area contributed by atoms with E-state index in [2.05, 4.69) is 0 Å². The maximum Gasteiger partial charge on any atom is 0.169 e. The molecule has 3 rings (SSSR count). The van der Waals surface area contributed by atoms with E-state index in [0.29, 0.717) is 5.78 Å². The molecule has 0 heterocycles. The van der Waals surface area contributed by atoms with Crippen LogP contribution in [-0.2, 0) is 6.42 Å². The summed E-state index contributed by atoms with van der Waals surface area (Å²) in [6, 6.07) is 5.80. The average Bonchev–Trinajstić information content (AvgIpc) is 3.04. The second kappa shape index (κ2) is 2.84. The number of ether oxygens (including phenoxy) is 1. The van der Waals surface area contributed by atoms with E-state index in [1.54, 1.807) is 7.11 Å². The highest BCUT2D eigenvalue weighted by atomic mass is 16.5. The first-order valence-corrected chi connectivity index (χ1v) is 5.47. The number of carbonyl (C=O) groups is 1. The molecule has 2 aliphatic carbocycles. The molecule has 0 aliphatic heterocycles. The van der Waals surface area contributed by atoms with Gasteiger partial charge in [-0.1, -0.05) is 12.1 Å². The highest BCUT2D eigenvalue weighted by Gasteiger charge is 2.52. The maximum atomic E-state index is 12.2. The second-order valence-electron chi connectivity index (χ2n) is 4.60. The van der Waals surface area contributed by atoms with Gasteiger partial charge in [0.05, 0.1) is 7.11 Å². The number of Topliss-reactive ketones (excluding diaryl/α,β-unsaturated/α-hetero) is 1. The maximum absolute atomic E-state index is 12.2. The molecule has 0 bridgehead atoms. The number of rotatable bonds is 1. The number of methoxy groups -OCH3 is 1. The van der Waals surface area contributed by atoms with Crippen molar-refractivity contribution in [2.24, 2.45) is 5.41 Å². The minimum atomic E-state index is 0.0271. The Bertz CT molecular complexity index is 430. The summed E-state index contributed by atoms with van der Waals surface area (Å²) in [4.78, 5) is 12.2. The van der Waals surface area contributed by atoms with Crippen molar-refractivity contribution in [3.05, 3.63) is 29.3 Å². The van der Waals surface area contributed by atoms with Crippen molar-refractivity contribution in [1.29, 1.82) is 0 Å². The third-order valence-corrected chi connectivity index (χ3v) is 3.79. The Balaban J connectivity index is 2.12. The summed E-state index contributed by atoms with van der Waals surface area (Å²) in [6.07, 6.45) is 4.18. The van der Waals surface area contributed by atoms with E-state index in [-0.39, 0.29) is 5.41 Å². The van der Waals surface area contributed by atoms with Crippen molar-refractivity contribution < 1.29 is 9.53 Å². The van der Waals surface area contributed by atoms with Crippen LogP contribution in [0.2, 0.25) is 0 Å². The molecule has 1 fully saturated rings. The number of benzene rings is 1. The zero-order chi connectivity index (χ0) is 10.5. The van der Waals surface area contributed by atoms with Crippen LogP contribution in [0.5, 0.6) is 5.75 Å². The van der Waals surface area contributed by atoms with Gasteiger partial charge in [0.15, 0.2) is 5.78 Å². The average molecular weight is 202 g/mol. The van der Waals surface area contributed by atoms with Gasteiger partial charge in [-0.15, -0.1) is 0 Å². The van der Waals surface area contributed by atoms with Crippen molar-refractivity contribution in [1.82, 2.24) is 0 Å². The second-order valence-corrected chi connectivity index (χ2v) is 4.60. The monoisotopic (exact) mass is 202 g/mol. The molecular formula is C13H14O2. The first-order valence-electron chi connectivity index (χ1n) is 5.47. The van der Waals surface area contributed by atoms with E-state index in [1.165, 1.54) is 0 Å². The first-order chi connectivity index (χ1) is 7.27. The summed E-state index contributed by atoms with van der Waals surface area (Å²) in [5, 5.41) is 0. The Morgan fingerprint density at radius 1 is 1.27 bits per heavy atom. The molecule has 0 aromatic heterocycles. The molecule has 1 aromatic carbocycles. The third kappa shape index (κ3) is 1.14. The van der Waals surface area contributed by atoms with E-state index in [0.717, 1.165) is 42.6 Å². The van der Waals surface area contributed by atoms with E-state index in [4.69, 9.17) is 4.74 Å². The first kappa shape index (κ1) is 8.96. The molecule has 15 heavy (non-hydrogen) atoms. The van der Waals surface area contributed by atoms with Gasteiger partial charge in [-0.05, 0) is 31.7 Å². The highest BCUT2D eigenvalue weighted by Crippen LogP contribution is 2.55. The van der Waals surface area contributed by atoms with Gasteiger partial charge in [0.2, 0.25) is 0 Å². The van der Waals surface area contributed by atoms with E-state index >= 15 is 0 Å². The summed E-state index contributed by atoms with van der Waals surface area (Å²) >= 11 is 0. The molecule has 2 heteroatoms. The van der Waals surface area contributed by atoms with Crippen LogP contribution in [0, 0.1) is 5.41 Å². The Morgan fingerprint density at radius 3 is 2.73 bits per heavy atom. The molecule has 0 atom stereocenters. The van der Waals surface area contributed by atoms with Gasteiger partial charge in [-0.25, -0.2) is 0 Å². The van der Waals surface area contributed by atoms with Crippen molar-refractivity contribution in [2.75, 3.05) is 7.11 Å². The summed E-state index contributed by atoms with van der Waals surface area (Å²) in [7, 11) is 1.67. The molecule has 1 spiro atoms. The van der Waals surface area contributed by atoms with Gasteiger partial charge in [-0.2, -0.15) is 0 Å². The molecule has 2 nitrogen and oxygen atoms in total. The molecule has 0 N–H and O–H groups in total. The topological polar surface area (TPSA) is 26.3 Å². The van der Waals surface area contributed by atoms with Gasteiger partial charge in [0, 0.05) is 16.5 Å². The smallest absolute Gasteiger partial charge is 0.169 e. The Morgan fingerprint density at radius 2 is 2.07 bits per heavy atom. The van der Waals surface area contributed by atoms with E-state index < -0.39 is 0 Å². The fraction of sp³-hybridized carbons (Fsp3) is 0.462. The van der Waals surface area contributed by atoms with E-state index in [9.17, 15) is 4.79 Å². The van der Waals surface area contributed by atoms with Crippen LogP contribution in [0.4, 0.5) is 0 Å². The van der Waals surface area contributed by atoms with Crippen LogP contribution in [0.25, 0.3) is 0 Å². The molecule has 0 unspecified atom stereocenters. The quantitative estimate of drug-likeness (QED) is 0.699. The minimum absolute atomic E-state index is 0.0271. The summed E-state index contributed by atoms with van der Waals surface area (Å²) in [5.41, 5.74) is 2.04. The number of hydrogen-bond donors (Lipinski definition) is 0. The lowest BCUT2D eigenvalue weighted by Crippen LogP contribution is -2.24. The van der Waals surface area contributed by atoms with Crippen molar-refractivity contribution in [2.45, 2.75) is 25.7 Å². The van der Waals surface area contributed by atoms with Crippen LogP contribution in [0.15, 0.2) is 18.2 Å². The Hall–Kier alpha value is -1.31. The standard InChI is InChI=1S/C13H14O2/c1-15-11-4-2-3-10-9(11)5-6-13(7-8-13)12(10)14/h2-4H,5-8H2,1H3. The summed E-state index contributed by atoms with van der Waals surface area (Å²) < 4.78 is 5.30. The molecule has 78 valence electrons. The van der Waals surface area contributed by atoms with Crippen LogP contribution in [0.3, 0.4) is 0 Å². The van der Waals surface area contributed by atoms with Gasteiger partial charge >= 0.3 is 0 Å². The van der Waals surface area contributed by atoms with Crippen LogP contribution >= 0.6 is 0 Å². The fourth-order valence-electron chi connectivity index (χ4n) is 2.62. The normalized spacial score (nSPS) is 21.3. The molecule has 0 radical (unpaired) electrons. The van der Waals surface area contributed by atoms with Crippen LogP contribution in [-0.4, -0.2) is 12.9 Å². The van der Waals surface area contributed by atoms with Crippen molar-refractivity contribution >= 4 is 5.78 Å². The zero-order valence-electron chi connectivity index (χ0n) is 8.88. The molecule has 0 amide bonds. The predicted octanol–water partition coefficient (Wildman–Crippen LogP) is 2.60. The zero-order valence-corrected chi connectivity index (χ0v) is 8.88. The largest absolute Gasteiger partial charge is 0.496 e. The fourth-order valence-corrected chi connectivity index (χ4v) is 2.62. The van der Waals surface area contributed by atoms with Gasteiger partial charge in [0.1, 0.15) is 5.75 Å². The lowest BCUT2D eigenvalue weighted by atomic mass is 9.80. The molecule has 1 saturated carbocycles. The minimum Gasteiger partial charge on any atom is -0.496 e.